The lowest BCUT2D eigenvalue weighted by Crippen LogP contribution is -2.33. The van der Waals surface area contributed by atoms with Crippen molar-refractivity contribution in [3.05, 3.63) is 40.3 Å². The predicted molar refractivity (Wildman–Crippen MR) is 83.3 cm³/mol. The molecule has 1 N–H and O–H groups in total. The van der Waals surface area contributed by atoms with Gasteiger partial charge in [-0.05, 0) is 37.8 Å². The molecule has 0 radical (unpaired) electrons. The van der Waals surface area contributed by atoms with E-state index in [0.29, 0.717) is 18.2 Å². The second kappa shape index (κ2) is 5.98. The molecule has 21 heavy (non-hydrogen) atoms. The van der Waals surface area contributed by atoms with Crippen LogP contribution in [0.3, 0.4) is 0 Å². The molecular weight excluding hydrogens is 264 g/mol. The third kappa shape index (κ3) is 2.86. The molecule has 1 aromatic heterocycles. The van der Waals surface area contributed by atoms with Crippen LogP contribution in [0.4, 0.5) is 0 Å². The summed E-state index contributed by atoms with van der Waals surface area (Å²) in [6.45, 7) is 2.10. The molecule has 0 bridgehead atoms. The van der Waals surface area contributed by atoms with Crippen LogP contribution in [-0.2, 0) is 6.54 Å². The van der Waals surface area contributed by atoms with E-state index < -0.39 is 6.10 Å². The van der Waals surface area contributed by atoms with Gasteiger partial charge in [0.25, 0.3) is 5.56 Å². The molecule has 1 atom stereocenters. The zero-order valence-corrected chi connectivity index (χ0v) is 12.5. The van der Waals surface area contributed by atoms with Gasteiger partial charge in [-0.25, -0.2) is 4.98 Å². The summed E-state index contributed by atoms with van der Waals surface area (Å²) < 4.78 is 1.69. The van der Waals surface area contributed by atoms with Crippen molar-refractivity contribution < 1.29 is 5.11 Å². The van der Waals surface area contributed by atoms with Gasteiger partial charge in [0.1, 0.15) is 5.69 Å². The first kappa shape index (κ1) is 14.3. The fourth-order valence-corrected chi connectivity index (χ4v) is 3.36. The third-order valence-electron chi connectivity index (χ3n) is 4.58. The van der Waals surface area contributed by atoms with Crippen LogP contribution in [0.2, 0.25) is 0 Å². The third-order valence-corrected chi connectivity index (χ3v) is 4.58. The molecule has 1 heterocycles. The number of aryl methyl sites for hydroxylation is 1. The Balaban J connectivity index is 1.95. The molecule has 3 rings (SSSR count). The van der Waals surface area contributed by atoms with Crippen molar-refractivity contribution in [1.29, 1.82) is 0 Å². The lowest BCUT2D eigenvalue weighted by Gasteiger charge is -2.27. The van der Waals surface area contributed by atoms with Crippen LogP contribution in [0.1, 0.15) is 37.8 Å². The molecule has 2 aromatic rings. The Morgan fingerprint density at radius 2 is 2.00 bits per heavy atom. The first-order valence-corrected chi connectivity index (χ1v) is 7.81. The minimum Gasteiger partial charge on any atom is -0.391 e. The van der Waals surface area contributed by atoms with Gasteiger partial charge in [-0.3, -0.25) is 4.79 Å². The number of aliphatic hydroxyl groups excluding tert-OH is 1. The largest absolute Gasteiger partial charge is 0.391 e. The van der Waals surface area contributed by atoms with Crippen LogP contribution in [-0.4, -0.2) is 20.8 Å². The van der Waals surface area contributed by atoms with Gasteiger partial charge in [-0.15, -0.1) is 0 Å². The Morgan fingerprint density at radius 1 is 1.29 bits per heavy atom. The summed E-state index contributed by atoms with van der Waals surface area (Å²) in [4.78, 5) is 16.7. The van der Waals surface area contributed by atoms with E-state index in [1.807, 2.05) is 24.3 Å². The molecule has 1 aromatic carbocycles. The van der Waals surface area contributed by atoms with Crippen LogP contribution < -0.4 is 5.56 Å². The van der Waals surface area contributed by atoms with E-state index in [-0.39, 0.29) is 5.56 Å². The number of fused-ring (bicyclic) bond motifs is 1. The van der Waals surface area contributed by atoms with Crippen molar-refractivity contribution in [3.8, 4) is 0 Å². The SMILES string of the molecule is Cc1nc2ccccc2n(CC(O)C2CCCCC2)c1=O. The summed E-state index contributed by atoms with van der Waals surface area (Å²) in [6, 6.07) is 7.63. The fourth-order valence-electron chi connectivity index (χ4n) is 3.36. The first-order chi connectivity index (χ1) is 10.2. The highest BCUT2D eigenvalue weighted by atomic mass is 16.3. The monoisotopic (exact) mass is 286 g/mol. The van der Waals surface area contributed by atoms with Crippen molar-refractivity contribution in [2.75, 3.05) is 0 Å². The van der Waals surface area contributed by atoms with Crippen LogP contribution in [0.5, 0.6) is 0 Å². The Bertz CT molecular complexity index is 687. The van der Waals surface area contributed by atoms with E-state index in [1.54, 1.807) is 11.5 Å². The highest BCUT2D eigenvalue weighted by Gasteiger charge is 2.23. The number of hydrogen-bond donors (Lipinski definition) is 1. The number of nitrogens with zero attached hydrogens (tertiary/aromatic N) is 2. The molecule has 0 saturated heterocycles. The van der Waals surface area contributed by atoms with Gasteiger partial charge in [-0.2, -0.15) is 0 Å². The Kier molecular flexibility index (Phi) is 4.06. The van der Waals surface area contributed by atoms with Gasteiger partial charge in [0.05, 0.1) is 23.7 Å². The van der Waals surface area contributed by atoms with Gasteiger partial charge in [0, 0.05) is 0 Å². The topological polar surface area (TPSA) is 55.1 Å². The number of aromatic nitrogens is 2. The predicted octanol–water partition coefficient (Wildman–Crippen LogP) is 2.65. The summed E-state index contributed by atoms with van der Waals surface area (Å²) in [7, 11) is 0. The molecule has 0 aliphatic heterocycles. The molecule has 1 saturated carbocycles. The lowest BCUT2D eigenvalue weighted by molar-refractivity contribution is 0.0697. The van der Waals surface area contributed by atoms with Crippen molar-refractivity contribution in [2.24, 2.45) is 5.92 Å². The molecule has 1 fully saturated rings. The zero-order chi connectivity index (χ0) is 14.8. The molecule has 112 valence electrons. The Labute approximate surface area is 124 Å². The molecule has 1 aliphatic rings. The average Bonchev–Trinajstić information content (AvgIpc) is 2.52. The van der Waals surface area contributed by atoms with E-state index in [1.165, 1.54) is 19.3 Å². The van der Waals surface area contributed by atoms with E-state index in [0.717, 1.165) is 23.9 Å². The molecule has 1 aliphatic carbocycles. The molecular formula is C17H22N2O2. The summed E-state index contributed by atoms with van der Waals surface area (Å²) in [5.74, 6) is 0.317. The van der Waals surface area contributed by atoms with Crippen molar-refractivity contribution in [3.63, 3.8) is 0 Å². The second-order valence-corrected chi connectivity index (χ2v) is 6.07. The smallest absolute Gasteiger partial charge is 0.272 e. The number of hydrogen-bond acceptors (Lipinski definition) is 3. The lowest BCUT2D eigenvalue weighted by atomic mass is 9.85. The standard InChI is InChI=1S/C17H22N2O2/c1-12-17(21)19(15-10-6-5-9-14(15)18-12)11-16(20)13-7-3-2-4-8-13/h5-6,9-10,13,16,20H,2-4,7-8,11H2,1H3. The maximum absolute atomic E-state index is 12.4. The van der Waals surface area contributed by atoms with Crippen LogP contribution in [0, 0.1) is 12.8 Å². The summed E-state index contributed by atoms with van der Waals surface area (Å²) in [6.07, 6.45) is 5.32. The number of benzene rings is 1. The number of para-hydroxylation sites is 2. The first-order valence-electron chi connectivity index (χ1n) is 7.81. The van der Waals surface area contributed by atoms with Crippen molar-refractivity contribution >= 4 is 11.0 Å². The van der Waals surface area contributed by atoms with Crippen LogP contribution in [0.25, 0.3) is 11.0 Å². The number of aliphatic hydroxyl groups is 1. The average molecular weight is 286 g/mol. The van der Waals surface area contributed by atoms with Gasteiger partial charge in [0.2, 0.25) is 0 Å². The van der Waals surface area contributed by atoms with Crippen molar-refractivity contribution in [1.82, 2.24) is 9.55 Å². The second-order valence-electron chi connectivity index (χ2n) is 6.07. The zero-order valence-electron chi connectivity index (χ0n) is 12.5. The molecule has 4 nitrogen and oxygen atoms in total. The van der Waals surface area contributed by atoms with Crippen molar-refractivity contribution in [2.45, 2.75) is 51.7 Å². The van der Waals surface area contributed by atoms with Gasteiger partial charge < -0.3 is 9.67 Å². The molecule has 0 amide bonds. The maximum Gasteiger partial charge on any atom is 0.272 e. The van der Waals surface area contributed by atoms with E-state index in [2.05, 4.69) is 4.98 Å². The normalized spacial score (nSPS) is 18.0. The highest BCUT2D eigenvalue weighted by molar-refractivity contribution is 5.74. The van der Waals surface area contributed by atoms with E-state index in [9.17, 15) is 9.90 Å². The van der Waals surface area contributed by atoms with Gasteiger partial charge >= 0.3 is 0 Å². The van der Waals surface area contributed by atoms with Gasteiger partial charge in [0.15, 0.2) is 0 Å². The Hall–Kier alpha value is -1.68. The quantitative estimate of drug-likeness (QED) is 0.943. The van der Waals surface area contributed by atoms with E-state index >= 15 is 0 Å². The summed E-state index contributed by atoms with van der Waals surface area (Å²) >= 11 is 0. The van der Waals surface area contributed by atoms with Gasteiger partial charge in [-0.1, -0.05) is 31.4 Å². The molecule has 0 spiro atoms. The van der Waals surface area contributed by atoms with Crippen LogP contribution >= 0.6 is 0 Å². The maximum atomic E-state index is 12.4. The Morgan fingerprint density at radius 3 is 2.76 bits per heavy atom. The fraction of sp³-hybridized carbons (Fsp3) is 0.529. The number of rotatable bonds is 3. The highest BCUT2D eigenvalue weighted by Crippen LogP contribution is 2.27. The van der Waals surface area contributed by atoms with E-state index in [4.69, 9.17) is 0 Å². The van der Waals surface area contributed by atoms with Crippen LogP contribution in [0.15, 0.2) is 29.1 Å². The summed E-state index contributed by atoms with van der Waals surface area (Å²) in [5.41, 5.74) is 2.02. The molecule has 4 heteroatoms. The summed E-state index contributed by atoms with van der Waals surface area (Å²) in [5, 5.41) is 10.5. The minimum absolute atomic E-state index is 0.0939. The minimum atomic E-state index is -0.451. The molecule has 1 unspecified atom stereocenters.